The maximum Gasteiger partial charge on any atom is 0.344 e. The van der Waals surface area contributed by atoms with Crippen molar-refractivity contribution in [2.45, 2.75) is 24.3 Å². The molecule has 1 atom stereocenters. The first-order valence-electron chi connectivity index (χ1n) is 8.62. The van der Waals surface area contributed by atoms with Crippen LogP contribution in [0.1, 0.15) is 18.1 Å². The molecule has 9 nitrogen and oxygen atoms in total. The van der Waals surface area contributed by atoms with Crippen LogP contribution in [-0.4, -0.2) is 33.5 Å². The molecule has 2 aromatic carbocycles. The summed E-state index contributed by atoms with van der Waals surface area (Å²) in [6, 6.07) is 12.1. The lowest BCUT2D eigenvalue weighted by molar-refractivity contribution is -0.384. The Morgan fingerprint density at radius 1 is 1.21 bits per heavy atom. The average molecular weight is 414 g/mol. The zero-order valence-corrected chi connectivity index (χ0v) is 16.5. The third-order valence-corrected chi connectivity index (χ3v) is 5.71. The molecule has 2 aromatic rings. The summed E-state index contributed by atoms with van der Waals surface area (Å²) in [7, 11) is 0. The SMILES string of the molecule is Cc1ccccc1SCC(=O)NN1C(=O)N[C@@](C)(c2ccc([N+](=O)[O-])cc2)C1=O. The summed E-state index contributed by atoms with van der Waals surface area (Å²) in [4.78, 5) is 48.5. The van der Waals surface area contributed by atoms with Gasteiger partial charge in [0.05, 0.1) is 10.7 Å². The quantitative estimate of drug-likeness (QED) is 0.324. The lowest BCUT2D eigenvalue weighted by Gasteiger charge is -2.22. The summed E-state index contributed by atoms with van der Waals surface area (Å²) in [6.45, 7) is 3.40. The molecule has 1 fully saturated rings. The Balaban J connectivity index is 1.69. The molecule has 0 saturated carbocycles. The summed E-state index contributed by atoms with van der Waals surface area (Å²) in [6.07, 6.45) is 0. The molecule has 3 rings (SSSR count). The highest BCUT2D eigenvalue weighted by Gasteiger charge is 2.50. The van der Waals surface area contributed by atoms with E-state index >= 15 is 0 Å². The molecule has 1 saturated heterocycles. The summed E-state index contributed by atoms with van der Waals surface area (Å²) in [5, 5.41) is 14.0. The van der Waals surface area contributed by atoms with Crippen LogP contribution in [0.25, 0.3) is 0 Å². The second-order valence-electron chi connectivity index (χ2n) is 6.59. The maximum absolute atomic E-state index is 12.8. The predicted molar refractivity (Wildman–Crippen MR) is 106 cm³/mol. The van der Waals surface area contributed by atoms with Crippen molar-refractivity contribution < 1.29 is 19.3 Å². The van der Waals surface area contributed by atoms with Crippen molar-refractivity contribution in [1.29, 1.82) is 0 Å². The first-order chi connectivity index (χ1) is 13.7. The van der Waals surface area contributed by atoms with Crippen LogP contribution in [-0.2, 0) is 15.1 Å². The summed E-state index contributed by atoms with van der Waals surface area (Å²) >= 11 is 1.30. The number of hydrogen-bond acceptors (Lipinski definition) is 6. The second kappa shape index (κ2) is 7.92. The number of carbonyl (C=O) groups excluding carboxylic acids is 3. The number of nitrogens with zero attached hydrogens (tertiary/aromatic N) is 2. The third-order valence-electron chi connectivity index (χ3n) is 4.54. The van der Waals surface area contributed by atoms with Gasteiger partial charge in [-0.2, -0.15) is 5.01 Å². The molecule has 0 spiro atoms. The number of thioether (sulfide) groups is 1. The van der Waals surface area contributed by atoms with E-state index in [9.17, 15) is 24.5 Å². The molecule has 1 aliphatic heterocycles. The Hall–Kier alpha value is -3.40. The Morgan fingerprint density at radius 3 is 2.48 bits per heavy atom. The number of urea groups is 1. The minimum atomic E-state index is -1.44. The van der Waals surface area contributed by atoms with Crippen LogP contribution < -0.4 is 10.7 Å². The molecule has 1 aliphatic rings. The molecule has 29 heavy (non-hydrogen) atoms. The van der Waals surface area contributed by atoms with E-state index in [-0.39, 0.29) is 11.4 Å². The van der Waals surface area contributed by atoms with E-state index in [1.807, 2.05) is 31.2 Å². The molecular formula is C19H18N4O5S. The topological polar surface area (TPSA) is 122 Å². The van der Waals surface area contributed by atoms with E-state index in [0.29, 0.717) is 10.6 Å². The number of hydrogen-bond donors (Lipinski definition) is 2. The fourth-order valence-corrected chi connectivity index (χ4v) is 3.69. The zero-order valence-electron chi connectivity index (χ0n) is 15.7. The van der Waals surface area contributed by atoms with Gasteiger partial charge in [-0.05, 0) is 43.2 Å². The minimum absolute atomic E-state index is 0.0240. The molecule has 4 amide bonds. The minimum Gasteiger partial charge on any atom is -0.318 e. The molecule has 150 valence electrons. The second-order valence-corrected chi connectivity index (χ2v) is 7.61. The molecule has 1 heterocycles. The zero-order chi connectivity index (χ0) is 21.2. The smallest absolute Gasteiger partial charge is 0.318 e. The highest BCUT2D eigenvalue weighted by molar-refractivity contribution is 8.00. The number of rotatable bonds is 6. The molecule has 0 aromatic heterocycles. The van der Waals surface area contributed by atoms with Crippen molar-refractivity contribution in [2.75, 3.05) is 5.75 Å². The van der Waals surface area contributed by atoms with Crippen LogP contribution in [0.2, 0.25) is 0 Å². The number of hydrazine groups is 1. The standard InChI is InChI=1S/C19H18N4O5S/c1-12-5-3-4-6-15(12)29-11-16(24)21-22-17(25)19(2,20-18(22)26)13-7-9-14(10-8-13)23(27)28/h3-10H,11H2,1-2H3,(H,20,26)(H,21,24)/t19-/m0/s1. The van der Waals surface area contributed by atoms with Gasteiger partial charge in [0.2, 0.25) is 5.91 Å². The Bertz CT molecular complexity index is 994. The van der Waals surface area contributed by atoms with Gasteiger partial charge in [0, 0.05) is 17.0 Å². The van der Waals surface area contributed by atoms with Crippen LogP contribution >= 0.6 is 11.8 Å². The molecule has 10 heteroatoms. The van der Waals surface area contributed by atoms with Gasteiger partial charge in [0.15, 0.2) is 0 Å². The van der Waals surface area contributed by atoms with Crippen molar-refractivity contribution in [2.24, 2.45) is 0 Å². The van der Waals surface area contributed by atoms with Crippen LogP contribution in [0.3, 0.4) is 0 Å². The van der Waals surface area contributed by atoms with Crippen molar-refractivity contribution in [1.82, 2.24) is 15.8 Å². The maximum atomic E-state index is 12.8. The fourth-order valence-electron chi connectivity index (χ4n) is 2.87. The number of nitro groups is 1. The lowest BCUT2D eigenvalue weighted by atomic mass is 9.92. The molecule has 0 radical (unpaired) electrons. The largest absolute Gasteiger partial charge is 0.344 e. The normalized spacial score (nSPS) is 18.5. The monoisotopic (exact) mass is 414 g/mol. The van der Waals surface area contributed by atoms with Gasteiger partial charge in [-0.25, -0.2) is 4.79 Å². The van der Waals surface area contributed by atoms with Gasteiger partial charge < -0.3 is 5.32 Å². The summed E-state index contributed by atoms with van der Waals surface area (Å²) in [5.41, 5.74) is 2.14. The fraction of sp³-hybridized carbons (Fsp3) is 0.211. The van der Waals surface area contributed by atoms with E-state index in [2.05, 4.69) is 10.7 Å². The number of benzene rings is 2. The van der Waals surface area contributed by atoms with Crippen LogP contribution in [0.15, 0.2) is 53.4 Å². The van der Waals surface area contributed by atoms with Gasteiger partial charge in [0.25, 0.3) is 11.6 Å². The average Bonchev–Trinajstić information content (AvgIpc) is 2.91. The van der Waals surface area contributed by atoms with E-state index in [0.717, 1.165) is 10.5 Å². The number of aryl methyl sites for hydroxylation is 1. The van der Waals surface area contributed by atoms with E-state index < -0.39 is 28.3 Å². The van der Waals surface area contributed by atoms with Crippen molar-refractivity contribution in [3.05, 3.63) is 69.8 Å². The van der Waals surface area contributed by atoms with Crippen molar-refractivity contribution >= 4 is 35.3 Å². The van der Waals surface area contributed by atoms with Gasteiger partial charge in [-0.1, -0.05) is 18.2 Å². The number of non-ortho nitro benzene ring substituents is 1. The molecule has 0 bridgehead atoms. The number of carbonyl (C=O) groups is 3. The summed E-state index contributed by atoms with van der Waals surface area (Å²) in [5.74, 6) is -1.16. The first kappa shape index (κ1) is 20.3. The number of nitro benzene ring substituents is 1. The van der Waals surface area contributed by atoms with Crippen molar-refractivity contribution in [3.8, 4) is 0 Å². The van der Waals surface area contributed by atoms with Crippen molar-refractivity contribution in [3.63, 3.8) is 0 Å². The van der Waals surface area contributed by atoms with Gasteiger partial charge in [0.1, 0.15) is 5.54 Å². The van der Waals surface area contributed by atoms with E-state index in [4.69, 9.17) is 0 Å². The van der Waals surface area contributed by atoms with Gasteiger partial charge in [-0.3, -0.25) is 25.1 Å². The van der Waals surface area contributed by atoms with Crippen LogP contribution in [0, 0.1) is 17.0 Å². The van der Waals surface area contributed by atoms with E-state index in [1.165, 1.54) is 43.0 Å². The highest BCUT2D eigenvalue weighted by atomic mass is 32.2. The number of nitrogens with one attached hydrogen (secondary N) is 2. The van der Waals surface area contributed by atoms with Crippen LogP contribution in [0.5, 0.6) is 0 Å². The van der Waals surface area contributed by atoms with Crippen LogP contribution in [0.4, 0.5) is 10.5 Å². The highest BCUT2D eigenvalue weighted by Crippen LogP contribution is 2.29. The summed E-state index contributed by atoms with van der Waals surface area (Å²) < 4.78 is 0. The molecule has 2 N–H and O–H groups in total. The Morgan fingerprint density at radius 2 is 1.86 bits per heavy atom. The first-order valence-corrected chi connectivity index (χ1v) is 9.60. The third kappa shape index (κ3) is 4.06. The lowest BCUT2D eigenvalue weighted by Crippen LogP contribution is -2.48. The predicted octanol–water partition coefficient (Wildman–Crippen LogP) is 2.49. The van der Waals surface area contributed by atoms with E-state index in [1.54, 1.807) is 0 Å². The molecular weight excluding hydrogens is 396 g/mol. The Labute approximate surface area is 170 Å². The number of amides is 4. The molecule has 0 aliphatic carbocycles. The van der Waals surface area contributed by atoms with Gasteiger partial charge >= 0.3 is 6.03 Å². The van der Waals surface area contributed by atoms with Gasteiger partial charge in [-0.15, -0.1) is 11.8 Å². The Kier molecular flexibility index (Phi) is 5.55. The molecule has 0 unspecified atom stereocenters. The number of imide groups is 1.